The van der Waals surface area contributed by atoms with Crippen molar-refractivity contribution < 1.29 is 24.5 Å². The van der Waals surface area contributed by atoms with Crippen LogP contribution in [0.1, 0.15) is 22.8 Å². The van der Waals surface area contributed by atoms with Gasteiger partial charge in [-0.25, -0.2) is 0 Å². The molecule has 0 spiro atoms. The lowest BCUT2D eigenvalue weighted by molar-refractivity contribution is 0.0617. The Hall–Kier alpha value is -2.53. The second-order valence-electron chi connectivity index (χ2n) is 5.25. The van der Waals surface area contributed by atoms with Gasteiger partial charge in [-0.1, -0.05) is 24.3 Å². The number of Topliss-reactive ketones (excluding diaryl/α,β-unsaturated/α-hetero) is 1. The molecule has 5 nitrogen and oxygen atoms in total. The maximum atomic E-state index is 11.6. The zero-order chi connectivity index (χ0) is 16.8. The molecule has 2 aromatic carbocycles. The number of ether oxygens (including phenoxy) is 2. The summed E-state index contributed by atoms with van der Waals surface area (Å²) in [5.41, 5.74) is 1.09. The van der Waals surface area contributed by atoms with E-state index in [4.69, 9.17) is 9.47 Å². The van der Waals surface area contributed by atoms with E-state index in [1.54, 1.807) is 12.1 Å². The van der Waals surface area contributed by atoms with Crippen LogP contribution in [-0.4, -0.2) is 35.3 Å². The number of aliphatic hydroxyl groups is 1. The van der Waals surface area contributed by atoms with Gasteiger partial charge in [0.25, 0.3) is 0 Å². The van der Waals surface area contributed by atoms with Gasteiger partial charge in [-0.05, 0) is 37.6 Å². The zero-order valence-electron chi connectivity index (χ0n) is 13.2. The van der Waals surface area contributed by atoms with Gasteiger partial charge in [0.15, 0.2) is 5.78 Å². The Balaban J connectivity index is 1.92. The van der Waals surface area contributed by atoms with E-state index < -0.39 is 6.10 Å². The molecular weight excluding hydrogens is 296 g/mol. The average molecular weight is 316 g/mol. The Kier molecular flexibility index (Phi) is 5.60. The molecule has 1 atom stereocenters. The first-order valence-corrected chi connectivity index (χ1v) is 7.31. The molecule has 0 aliphatic heterocycles. The fourth-order valence-corrected chi connectivity index (χ4v) is 2.13. The van der Waals surface area contributed by atoms with E-state index in [0.29, 0.717) is 5.75 Å². The minimum atomic E-state index is -0.864. The molecule has 0 fully saturated rings. The monoisotopic (exact) mass is 316 g/mol. The van der Waals surface area contributed by atoms with Crippen molar-refractivity contribution in [2.24, 2.45) is 0 Å². The molecule has 0 saturated carbocycles. The number of aryl methyl sites for hydroxylation is 1. The fourth-order valence-electron chi connectivity index (χ4n) is 2.13. The van der Waals surface area contributed by atoms with Crippen LogP contribution >= 0.6 is 0 Å². The van der Waals surface area contributed by atoms with Crippen LogP contribution in [0.2, 0.25) is 0 Å². The molecule has 0 aliphatic rings. The average Bonchev–Trinajstić information content (AvgIpc) is 2.51. The number of ketones is 1. The van der Waals surface area contributed by atoms with Gasteiger partial charge in [-0.2, -0.15) is 0 Å². The van der Waals surface area contributed by atoms with Crippen LogP contribution in [0, 0.1) is 6.92 Å². The van der Waals surface area contributed by atoms with Crippen molar-refractivity contribution >= 4 is 5.78 Å². The number of aromatic hydroxyl groups is 1. The first kappa shape index (κ1) is 16.8. The number of carbonyl (C=O) groups excluding carboxylic acids is 1. The number of phenolic OH excluding ortho intramolecular Hbond substituents is 1. The molecule has 23 heavy (non-hydrogen) atoms. The van der Waals surface area contributed by atoms with Crippen LogP contribution < -0.4 is 9.47 Å². The van der Waals surface area contributed by atoms with E-state index in [-0.39, 0.29) is 36.1 Å². The van der Waals surface area contributed by atoms with Gasteiger partial charge in [-0.3, -0.25) is 4.79 Å². The summed E-state index contributed by atoms with van der Waals surface area (Å²) in [6.45, 7) is 3.29. The SMILES string of the molecule is CC(=O)c1c(O)cccc1OCC(O)COc1ccccc1C. The van der Waals surface area contributed by atoms with Crippen molar-refractivity contribution in [1.82, 2.24) is 0 Å². The molecule has 0 radical (unpaired) electrons. The third-order valence-electron chi connectivity index (χ3n) is 3.31. The van der Waals surface area contributed by atoms with E-state index in [2.05, 4.69) is 0 Å². The first-order chi connectivity index (χ1) is 11.0. The Morgan fingerprint density at radius 1 is 1.04 bits per heavy atom. The molecular formula is C18H20O5. The third-order valence-corrected chi connectivity index (χ3v) is 3.31. The van der Waals surface area contributed by atoms with Crippen molar-refractivity contribution in [3.63, 3.8) is 0 Å². The Bertz CT molecular complexity index is 681. The van der Waals surface area contributed by atoms with Gasteiger partial charge in [0.1, 0.15) is 42.1 Å². The number of benzene rings is 2. The number of carbonyl (C=O) groups is 1. The molecule has 2 aromatic rings. The summed E-state index contributed by atoms with van der Waals surface area (Å²) in [6.07, 6.45) is -0.864. The molecule has 0 heterocycles. The number of para-hydroxylation sites is 1. The molecule has 2 N–H and O–H groups in total. The highest BCUT2D eigenvalue weighted by molar-refractivity contribution is 5.99. The zero-order valence-corrected chi connectivity index (χ0v) is 13.2. The highest BCUT2D eigenvalue weighted by Gasteiger charge is 2.15. The van der Waals surface area contributed by atoms with Crippen LogP contribution in [0.25, 0.3) is 0 Å². The molecule has 122 valence electrons. The number of hydrogen-bond acceptors (Lipinski definition) is 5. The van der Waals surface area contributed by atoms with Gasteiger partial charge >= 0.3 is 0 Å². The second-order valence-corrected chi connectivity index (χ2v) is 5.25. The van der Waals surface area contributed by atoms with E-state index in [1.807, 2.05) is 31.2 Å². The van der Waals surface area contributed by atoms with Crippen LogP contribution in [0.5, 0.6) is 17.2 Å². The summed E-state index contributed by atoms with van der Waals surface area (Å²) in [5.74, 6) is 0.505. The highest BCUT2D eigenvalue weighted by atomic mass is 16.5. The third kappa shape index (κ3) is 4.47. The van der Waals surface area contributed by atoms with Crippen molar-refractivity contribution in [3.8, 4) is 17.2 Å². The normalized spacial score (nSPS) is 11.8. The number of aliphatic hydroxyl groups excluding tert-OH is 1. The van der Waals surface area contributed by atoms with E-state index in [0.717, 1.165) is 5.56 Å². The van der Waals surface area contributed by atoms with Gasteiger partial charge < -0.3 is 19.7 Å². The maximum absolute atomic E-state index is 11.6. The van der Waals surface area contributed by atoms with Crippen molar-refractivity contribution in [1.29, 1.82) is 0 Å². The second kappa shape index (κ2) is 7.65. The molecule has 2 rings (SSSR count). The Morgan fingerprint density at radius 2 is 1.65 bits per heavy atom. The molecule has 1 unspecified atom stereocenters. The van der Waals surface area contributed by atoms with E-state index in [9.17, 15) is 15.0 Å². The number of hydrogen-bond donors (Lipinski definition) is 2. The lowest BCUT2D eigenvalue weighted by Gasteiger charge is -2.16. The Morgan fingerprint density at radius 3 is 2.30 bits per heavy atom. The summed E-state index contributed by atoms with van der Waals surface area (Å²) >= 11 is 0. The van der Waals surface area contributed by atoms with Crippen molar-refractivity contribution in [2.45, 2.75) is 20.0 Å². The van der Waals surface area contributed by atoms with Crippen molar-refractivity contribution in [2.75, 3.05) is 13.2 Å². The van der Waals surface area contributed by atoms with Gasteiger partial charge in [0.2, 0.25) is 0 Å². The fraction of sp³-hybridized carbons (Fsp3) is 0.278. The van der Waals surface area contributed by atoms with Crippen LogP contribution in [-0.2, 0) is 0 Å². The summed E-state index contributed by atoms with van der Waals surface area (Å²) in [4.78, 5) is 11.6. The molecule has 0 aliphatic carbocycles. The summed E-state index contributed by atoms with van der Waals surface area (Å²) in [7, 11) is 0. The largest absolute Gasteiger partial charge is 0.507 e. The predicted octanol–water partition coefficient (Wildman–Crippen LogP) is 2.72. The summed E-state index contributed by atoms with van der Waals surface area (Å²) in [5, 5.41) is 19.7. The highest BCUT2D eigenvalue weighted by Crippen LogP contribution is 2.28. The Labute approximate surface area is 135 Å². The maximum Gasteiger partial charge on any atom is 0.167 e. The van der Waals surface area contributed by atoms with Crippen molar-refractivity contribution in [3.05, 3.63) is 53.6 Å². The van der Waals surface area contributed by atoms with Crippen LogP contribution in [0.15, 0.2) is 42.5 Å². The minimum Gasteiger partial charge on any atom is -0.507 e. The van der Waals surface area contributed by atoms with Gasteiger partial charge in [-0.15, -0.1) is 0 Å². The number of phenols is 1. The molecule has 0 saturated heterocycles. The minimum absolute atomic E-state index is 0.0460. The van der Waals surface area contributed by atoms with E-state index in [1.165, 1.54) is 13.0 Å². The quantitative estimate of drug-likeness (QED) is 0.768. The van der Waals surface area contributed by atoms with Gasteiger partial charge in [0.05, 0.1) is 0 Å². The summed E-state index contributed by atoms with van der Waals surface area (Å²) < 4.78 is 11.0. The van der Waals surface area contributed by atoms with E-state index >= 15 is 0 Å². The topological polar surface area (TPSA) is 76.0 Å². The smallest absolute Gasteiger partial charge is 0.167 e. The molecule has 0 bridgehead atoms. The lowest BCUT2D eigenvalue weighted by atomic mass is 10.1. The lowest BCUT2D eigenvalue weighted by Crippen LogP contribution is -2.25. The summed E-state index contributed by atoms with van der Waals surface area (Å²) in [6, 6.07) is 12.1. The van der Waals surface area contributed by atoms with Gasteiger partial charge in [0, 0.05) is 0 Å². The first-order valence-electron chi connectivity index (χ1n) is 7.31. The number of rotatable bonds is 7. The molecule has 0 aromatic heterocycles. The molecule has 5 heteroatoms. The predicted molar refractivity (Wildman–Crippen MR) is 86.3 cm³/mol. The molecule has 0 amide bonds. The van der Waals surface area contributed by atoms with Crippen LogP contribution in [0.4, 0.5) is 0 Å². The standard InChI is InChI=1S/C18H20O5/c1-12-6-3-4-8-16(12)22-10-14(20)11-23-17-9-5-7-15(21)18(17)13(2)19/h3-9,14,20-21H,10-11H2,1-2H3. The van der Waals surface area contributed by atoms with Crippen LogP contribution in [0.3, 0.4) is 0 Å².